The summed E-state index contributed by atoms with van der Waals surface area (Å²) in [6.45, 7) is -0.139. The van der Waals surface area contributed by atoms with Crippen LogP contribution in [-0.2, 0) is 4.74 Å². The highest BCUT2D eigenvalue weighted by atomic mass is 35.5. The lowest BCUT2D eigenvalue weighted by Crippen LogP contribution is -2.57. The van der Waals surface area contributed by atoms with Crippen molar-refractivity contribution < 1.29 is 20.1 Å². The van der Waals surface area contributed by atoms with Crippen molar-refractivity contribution >= 4 is 11.8 Å². The third-order valence-electron chi connectivity index (χ3n) is 1.95. The maximum Gasteiger partial charge on any atom is 0.110 e. The molecule has 5 nitrogen and oxygen atoms in total. The summed E-state index contributed by atoms with van der Waals surface area (Å²) >= 11 is 5.27. The van der Waals surface area contributed by atoms with Gasteiger partial charge < -0.3 is 20.1 Å². The van der Waals surface area contributed by atoms with E-state index < -0.39 is 24.4 Å². The summed E-state index contributed by atoms with van der Waals surface area (Å²) in [5, 5.41) is 27.3. The highest BCUT2D eigenvalue weighted by molar-refractivity contribution is 6.13. The van der Waals surface area contributed by atoms with Gasteiger partial charge in [0.05, 0.1) is 19.3 Å². The van der Waals surface area contributed by atoms with E-state index in [1.54, 1.807) is 0 Å². The van der Waals surface area contributed by atoms with Crippen molar-refractivity contribution in [3.8, 4) is 0 Å². The molecule has 4 N–H and O–H groups in total. The molecule has 1 rings (SSSR count). The van der Waals surface area contributed by atoms with Gasteiger partial charge in [0.1, 0.15) is 18.3 Å². The highest BCUT2D eigenvalue weighted by Crippen LogP contribution is 2.15. The van der Waals surface area contributed by atoms with Crippen molar-refractivity contribution in [2.45, 2.75) is 24.4 Å². The van der Waals surface area contributed by atoms with Crippen LogP contribution >= 0.6 is 11.8 Å². The summed E-state index contributed by atoms with van der Waals surface area (Å²) in [7, 11) is 0. The van der Waals surface area contributed by atoms with Crippen molar-refractivity contribution in [2.24, 2.45) is 0 Å². The first-order valence-corrected chi connectivity index (χ1v) is 4.03. The molecule has 0 radical (unpaired) electrons. The molecule has 4 unspecified atom stereocenters. The lowest BCUT2D eigenvalue weighted by molar-refractivity contribution is -0.158. The molecular formula is C6H12ClNO4. The molecule has 6 heteroatoms. The number of rotatable bonds is 2. The van der Waals surface area contributed by atoms with Crippen molar-refractivity contribution in [1.82, 2.24) is 4.84 Å². The monoisotopic (exact) mass is 197 g/mol. The van der Waals surface area contributed by atoms with Crippen LogP contribution in [0.4, 0.5) is 0 Å². The fraction of sp³-hybridized carbons (Fsp3) is 1.00. The lowest BCUT2D eigenvalue weighted by atomic mass is 9.99. The molecule has 1 aliphatic heterocycles. The molecule has 72 valence electrons. The fourth-order valence-corrected chi connectivity index (χ4v) is 1.33. The standard InChI is InChI=1S/C6H12ClNO4/c7-8-3-2-12-4(1-9)6(11)5(3)10/h3-6,8-11H,1-2H2. The van der Waals surface area contributed by atoms with Gasteiger partial charge in [-0.05, 0) is 11.8 Å². The molecule has 1 fully saturated rings. The molecule has 0 spiro atoms. The zero-order chi connectivity index (χ0) is 9.14. The predicted octanol–water partition coefficient (Wildman–Crippen LogP) is -1.79. The van der Waals surface area contributed by atoms with Gasteiger partial charge in [-0.2, -0.15) is 0 Å². The zero-order valence-corrected chi connectivity index (χ0v) is 7.11. The third kappa shape index (κ3) is 1.87. The average Bonchev–Trinajstić information content (AvgIpc) is 2.10. The Morgan fingerprint density at radius 1 is 1.42 bits per heavy atom. The van der Waals surface area contributed by atoms with E-state index in [4.69, 9.17) is 21.6 Å². The minimum Gasteiger partial charge on any atom is -0.394 e. The van der Waals surface area contributed by atoms with Gasteiger partial charge in [0, 0.05) is 0 Å². The van der Waals surface area contributed by atoms with E-state index in [1.165, 1.54) is 0 Å². The van der Waals surface area contributed by atoms with Crippen LogP contribution in [0.5, 0.6) is 0 Å². The summed E-state index contributed by atoms with van der Waals surface area (Å²) in [6, 6.07) is -0.496. The van der Waals surface area contributed by atoms with Gasteiger partial charge >= 0.3 is 0 Å². The van der Waals surface area contributed by atoms with E-state index in [-0.39, 0.29) is 13.2 Å². The molecule has 4 atom stereocenters. The van der Waals surface area contributed by atoms with E-state index in [1.807, 2.05) is 0 Å². The second-order valence-electron chi connectivity index (χ2n) is 2.75. The quantitative estimate of drug-likeness (QED) is 0.393. The van der Waals surface area contributed by atoms with Gasteiger partial charge in [-0.15, -0.1) is 0 Å². The lowest BCUT2D eigenvalue weighted by Gasteiger charge is -2.35. The number of aliphatic hydroxyl groups is 3. The Labute approximate surface area is 75.0 Å². The molecule has 0 aliphatic carbocycles. The van der Waals surface area contributed by atoms with Crippen LogP contribution in [0.3, 0.4) is 0 Å². The SMILES string of the molecule is OCC1OCC(NCl)C(O)C1O. The molecule has 0 saturated carbocycles. The predicted molar refractivity (Wildman–Crippen MR) is 41.6 cm³/mol. The van der Waals surface area contributed by atoms with Crippen LogP contribution in [0.15, 0.2) is 0 Å². The number of hydrogen-bond acceptors (Lipinski definition) is 5. The summed E-state index contributed by atoms with van der Waals surface area (Å²) in [4.78, 5) is 2.28. The number of hydrogen-bond donors (Lipinski definition) is 4. The molecule has 0 amide bonds. The Bertz CT molecular complexity index is 132. The number of ether oxygens (including phenoxy) is 1. The van der Waals surface area contributed by atoms with Crippen LogP contribution in [0.25, 0.3) is 0 Å². The van der Waals surface area contributed by atoms with Crippen LogP contribution in [0.2, 0.25) is 0 Å². The van der Waals surface area contributed by atoms with Crippen LogP contribution in [-0.4, -0.2) is 52.9 Å². The summed E-state index contributed by atoms with van der Waals surface area (Å²) in [5.74, 6) is 0. The molecular weight excluding hydrogens is 186 g/mol. The Balaban J connectivity index is 2.52. The molecule has 1 saturated heterocycles. The zero-order valence-electron chi connectivity index (χ0n) is 6.35. The molecule has 1 aliphatic rings. The van der Waals surface area contributed by atoms with Crippen LogP contribution in [0, 0.1) is 0 Å². The topological polar surface area (TPSA) is 82.0 Å². The van der Waals surface area contributed by atoms with Gasteiger partial charge in [-0.1, -0.05) is 0 Å². The van der Waals surface area contributed by atoms with Gasteiger partial charge in [0.2, 0.25) is 0 Å². The minimum absolute atomic E-state index is 0.174. The Morgan fingerprint density at radius 2 is 2.08 bits per heavy atom. The van der Waals surface area contributed by atoms with Crippen molar-refractivity contribution in [3.63, 3.8) is 0 Å². The normalized spacial score (nSPS) is 43.0. The molecule has 12 heavy (non-hydrogen) atoms. The van der Waals surface area contributed by atoms with E-state index in [0.29, 0.717) is 0 Å². The van der Waals surface area contributed by atoms with Gasteiger partial charge in [-0.25, -0.2) is 4.84 Å². The van der Waals surface area contributed by atoms with E-state index in [9.17, 15) is 10.2 Å². The largest absolute Gasteiger partial charge is 0.394 e. The average molecular weight is 198 g/mol. The Morgan fingerprint density at radius 3 is 2.58 bits per heavy atom. The summed E-state index contributed by atoms with van der Waals surface area (Å²) in [6.07, 6.45) is -2.82. The van der Waals surface area contributed by atoms with Crippen molar-refractivity contribution in [2.75, 3.05) is 13.2 Å². The molecule has 0 bridgehead atoms. The second-order valence-corrected chi connectivity index (χ2v) is 2.97. The van der Waals surface area contributed by atoms with E-state index >= 15 is 0 Å². The highest BCUT2D eigenvalue weighted by Gasteiger charge is 2.37. The van der Waals surface area contributed by atoms with Gasteiger partial charge in [0.25, 0.3) is 0 Å². The molecule has 0 aromatic rings. The smallest absolute Gasteiger partial charge is 0.110 e. The number of aliphatic hydroxyl groups excluding tert-OH is 3. The fourth-order valence-electron chi connectivity index (χ4n) is 1.14. The van der Waals surface area contributed by atoms with E-state index in [0.717, 1.165) is 0 Å². The first-order chi connectivity index (χ1) is 5.70. The Kier molecular flexibility index (Phi) is 3.70. The van der Waals surface area contributed by atoms with Gasteiger partial charge in [-0.3, -0.25) is 0 Å². The first kappa shape index (κ1) is 10.2. The minimum atomic E-state index is -1.10. The number of nitrogens with one attached hydrogen (secondary N) is 1. The second kappa shape index (κ2) is 4.36. The Hall–Kier alpha value is 0.0900. The third-order valence-corrected chi connectivity index (χ3v) is 2.23. The van der Waals surface area contributed by atoms with Crippen molar-refractivity contribution in [3.05, 3.63) is 0 Å². The van der Waals surface area contributed by atoms with Crippen LogP contribution in [0.1, 0.15) is 0 Å². The van der Waals surface area contributed by atoms with E-state index in [2.05, 4.69) is 4.84 Å². The molecule has 1 heterocycles. The summed E-state index contributed by atoms with van der Waals surface area (Å²) < 4.78 is 5.01. The van der Waals surface area contributed by atoms with Crippen molar-refractivity contribution in [1.29, 1.82) is 0 Å². The maximum atomic E-state index is 9.35. The maximum absolute atomic E-state index is 9.35. The number of halogens is 1. The van der Waals surface area contributed by atoms with Crippen LogP contribution < -0.4 is 4.84 Å². The van der Waals surface area contributed by atoms with Gasteiger partial charge in [0.15, 0.2) is 0 Å². The molecule has 0 aromatic carbocycles. The molecule has 0 aromatic heterocycles. The summed E-state index contributed by atoms with van der Waals surface area (Å²) in [5.41, 5.74) is 0. The first-order valence-electron chi connectivity index (χ1n) is 3.65.